The van der Waals surface area contributed by atoms with Gasteiger partial charge >= 0.3 is 32.1 Å². The van der Waals surface area contributed by atoms with E-state index in [0.717, 1.165) is 22.7 Å². The number of carbonyl (C=O) groups is 4. The number of aliphatic carboxylic acids is 1. The van der Waals surface area contributed by atoms with Gasteiger partial charge in [0.05, 0.1) is 6.42 Å². The number of nitrogens with one attached hydrogen (secondary N) is 1. The molecule has 0 aliphatic heterocycles. The van der Waals surface area contributed by atoms with E-state index < -0.39 is 44.1 Å². The quantitative estimate of drug-likeness (QED) is 0.0602. The monoisotopic (exact) mass is 639 g/mol. The summed E-state index contributed by atoms with van der Waals surface area (Å²) in [5.41, 5.74) is 0.825. The van der Waals surface area contributed by atoms with Crippen molar-refractivity contribution < 1.29 is 59.0 Å². The van der Waals surface area contributed by atoms with Crippen molar-refractivity contribution in [1.29, 1.82) is 0 Å². The lowest BCUT2D eigenvalue weighted by atomic mass is 9.90. The Kier molecular flexibility index (Phi) is 10.5. The normalized spacial score (nSPS) is 11.4. The van der Waals surface area contributed by atoms with Crippen molar-refractivity contribution in [3.63, 3.8) is 0 Å². The third-order valence-corrected chi connectivity index (χ3v) is 8.16. The molecule has 13 nitrogen and oxygen atoms in total. The largest absolute Gasteiger partial charge is 0.508 e. The van der Waals surface area contributed by atoms with E-state index in [2.05, 4.69) is 5.32 Å². The number of phenolic OH excluding ortho intramolecular Hbond substituents is 1. The number of aromatic hydroxyl groups is 1. The molecular weight excluding hydrogens is 616 g/mol. The number of phenols is 1. The first kappa shape index (κ1) is 32.4. The number of hydrogen-bond donors (Lipinski definition) is 7. The molecule has 0 radical (unpaired) electrons. The van der Waals surface area contributed by atoms with Crippen LogP contribution in [0.3, 0.4) is 0 Å². The van der Waals surface area contributed by atoms with Gasteiger partial charge in [-0.2, -0.15) is 0 Å². The van der Waals surface area contributed by atoms with Crippen molar-refractivity contribution >= 4 is 70.3 Å². The molecule has 17 heteroatoms. The Morgan fingerprint density at radius 2 is 1.25 bits per heavy atom. The highest BCUT2D eigenvalue weighted by molar-refractivity contribution is 7.24. The minimum absolute atomic E-state index is 0.00453. The fourth-order valence-corrected chi connectivity index (χ4v) is 5.34. The summed E-state index contributed by atoms with van der Waals surface area (Å²) in [7, 11) is -3.60. The molecule has 0 fully saturated rings. The van der Waals surface area contributed by atoms with Crippen LogP contribution in [-0.4, -0.2) is 74.4 Å². The molecule has 7 N–H and O–H groups in total. The van der Waals surface area contributed by atoms with Crippen molar-refractivity contribution in [3.8, 4) is 17.2 Å². The molecule has 44 heavy (non-hydrogen) atoms. The summed E-state index contributed by atoms with van der Waals surface area (Å²) in [6.45, 7) is 0. The van der Waals surface area contributed by atoms with E-state index in [1.807, 2.05) is 0 Å². The number of thiophene rings is 2. The van der Waals surface area contributed by atoms with E-state index in [1.165, 1.54) is 66.7 Å². The Labute approximate surface area is 257 Å². The molecule has 1 atom stereocenters. The predicted molar refractivity (Wildman–Crippen MR) is 160 cm³/mol. The number of benzene rings is 2. The van der Waals surface area contributed by atoms with Gasteiger partial charge in [0.25, 0.3) is 0 Å². The summed E-state index contributed by atoms with van der Waals surface area (Å²) in [4.78, 5) is 50.2. The minimum atomic E-state index is -1.81. The van der Waals surface area contributed by atoms with Crippen LogP contribution in [-0.2, 0) is 22.4 Å². The molecule has 2 aromatic carbocycles. The van der Waals surface area contributed by atoms with Crippen LogP contribution < -0.4 is 24.3 Å². The Bertz CT molecular complexity index is 1670. The number of carboxylic acid groups (broad SMARTS) is 1. The second-order valence-electron chi connectivity index (χ2n) is 9.22. The van der Waals surface area contributed by atoms with E-state index in [9.17, 15) is 49.5 Å². The van der Waals surface area contributed by atoms with Crippen molar-refractivity contribution in [1.82, 2.24) is 5.32 Å². The van der Waals surface area contributed by atoms with Gasteiger partial charge in [0.2, 0.25) is 5.91 Å². The lowest BCUT2D eigenvalue weighted by Crippen LogP contribution is -2.43. The van der Waals surface area contributed by atoms with Crippen molar-refractivity contribution in [2.75, 3.05) is 0 Å². The van der Waals surface area contributed by atoms with Crippen LogP contribution in [0.1, 0.15) is 30.5 Å². The summed E-state index contributed by atoms with van der Waals surface area (Å²) in [6.07, 6.45) is -0.400. The topological polar surface area (TPSA) is 220 Å². The molecule has 0 spiro atoms. The first-order valence-electron chi connectivity index (χ1n) is 12.7. The van der Waals surface area contributed by atoms with Gasteiger partial charge in [-0.25, -0.2) is 14.4 Å². The minimum Gasteiger partial charge on any atom is -0.508 e. The molecule has 0 saturated heterocycles. The van der Waals surface area contributed by atoms with Crippen molar-refractivity contribution in [2.24, 2.45) is 0 Å². The number of carboxylic acids is 1. The summed E-state index contributed by atoms with van der Waals surface area (Å²) in [5, 5.41) is 58.8. The van der Waals surface area contributed by atoms with E-state index in [-0.39, 0.29) is 55.0 Å². The molecule has 0 unspecified atom stereocenters. The van der Waals surface area contributed by atoms with Crippen LogP contribution in [0.5, 0.6) is 17.2 Å². The maximum atomic E-state index is 12.9. The molecule has 0 saturated carbocycles. The molecule has 226 valence electrons. The van der Waals surface area contributed by atoms with Gasteiger partial charge in [-0.1, -0.05) is 30.3 Å². The number of carbonyl (C=O) groups excluding carboxylic acids is 3. The van der Waals surface area contributed by atoms with Crippen LogP contribution in [0.4, 0.5) is 0 Å². The zero-order chi connectivity index (χ0) is 32.0. The van der Waals surface area contributed by atoms with Crippen LogP contribution in [0.2, 0.25) is 0 Å². The second kappa shape index (κ2) is 14.3. The molecule has 4 rings (SSSR count). The first-order valence-corrected chi connectivity index (χ1v) is 14.3. The second-order valence-corrected chi connectivity index (χ2v) is 11.4. The fraction of sp³-hybridized carbons (Fsp3) is 0.111. The summed E-state index contributed by atoms with van der Waals surface area (Å²) < 4.78 is 11.0. The van der Waals surface area contributed by atoms with E-state index in [1.54, 1.807) is 0 Å². The lowest BCUT2D eigenvalue weighted by Gasteiger charge is -2.15. The third kappa shape index (κ3) is 8.53. The first-order chi connectivity index (χ1) is 20.9. The maximum absolute atomic E-state index is 12.9. The zero-order valence-corrected chi connectivity index (χ0v) is 24.1. The average Bonchev–Trinajstić information content (AvgIpc) is 3.66. The van der Waals surface area contributed by atoms with Crippen LogP contribution in [0.25, 0.3) is 0 Å². The molecule has 0 aliphatic rings. The smallest absolute Gasteiger partial charge is 0.499 e. The maximum Gasteiger partial charge on any atom is 0.499 e. The van der Waals surface area contributed by atoms with Crippen LogP contribution >= 0.6 is 22.7 Å². The molecule has 2 heterocycles. The molecular formula is C27H23B2NO12S2. The van der Waals surface area contributed by atoms with Gasteiger partial charge in [-0.15, -0.1) is 22.7 Å². The highest BCUT2D eigenvalue weighted by Gasteiger charge is 2.24. The number of ether oxygens (including phenoxy) is 2. The van der Waals surface area contributed by atoms with Crippen molar-refractivity contribution in [3.05, 3.63) is 87.6 Å². The SMILES string of the molecule is O=C(Cc1ccc(OC(=O)c2ccc(B(O)O)s2)c(OC(=O)c2ccc(B(O)O)s2)c1)N[C@@H](Cc1ccc(O)cc1)C(=O)O. The molecule has 0 bridgehead atoms. The van der Waals surface area contributed by atoms with E-state index in [0.29, 0.717) is 5.56 Å². The highest BCUT2D eigenvalue weighted by Crippen LogP contribution is 2.31. The van der Waals surface area contributed by atoms with Crippen LogP contribution in [0.15, 0.2) is 66.7 Å². The number of esters is 2. The van der Waals surface area contributed by atoms with Crippen molar-refractivity contribution in [2.45, 2.75) is 18.9 Å². The van der Waals surface area contributed by atoms with Gasteiger partial charge in [0, 0.05) is 16.0 Å². The molecule has 0 aliphatic carbocycles. The van der Waals surface area contributed by atoms with Crippen LogP contribution in [0, 0.1) is 0 Å². The molecule has 4 aromatic rings. The Hall–Kier alpha value is -4.51. The molecule has 1 amide bonds. The fourth-order valence-electron chi connectivity index (χ4n) is 3.83. The van der Waals surface area contributed by atoms with Gasteiger partial charge in [-0.3, -0.25) is 4.79 Å². The molecule has 2 aromatic heterocycles. The Balaban J connectivity index is 1.54. The third-order valence-electron chi connectivity index (χ3n) is 5.95. The average molecular weight is 639 g/mol. The van der Waals surface area contributed by atoms with Gasteiger partial charge in [0.1, 0.15) is 21.5 Å². The highest BCUT2D eigenvalue weighted by atomic mass is 32.1. The lowest BCUT2D eigenvalue weighted by molar-refractivity contribution is -0.141. The summed E-state index contributed by atoms with van der Waals surface area (Å²) in [5.74, 6) is -4.27. The van der Waals surface area contributed by atoms with E-state index in [4.69, 9.17) is 9.47 Å². The number of amides is 1. The predicted octanol–water partition coefficient (Wildman–Crippen LogP) is -0.332. The van der Waals surface area contributed by atoms with Gasteiger partial charge in [0.15, 0.2) is 11.5 Å². The summed E-state index contributed by atoms with van der Waals surface area (Å²) in [6, 6.07) is 13.7. The number of rotatable bonds is 12. The Morgan fingerprint density at radius 1 is 0.727 bits per heavy atom. The zero-order valence-electron chi connectivity index (χ0n) is 22.4. The number of hydrogen-bond acceptors (Lipinski definition) is 13. The van der Waals surface area contributed by atoms with E-state index >= 15 is 0 Å². The standard InChI is InChI=1S/C27H23B2NO12S2/c31-16-4-1-14(2-5-16)11-17(25(33)34)30-24(32)13-15-3-6-18(41-26(35)20-7-9-22(43-20)28(37)38)19(12-15)42-27(36)21-8-10-23(44-21)29(39)40/h1-10,12,17,31,37-40H,11,13H2,(H,30,32)(H,33,34)/t17-/m0/s1. The van der Waals surface area contributed by atoms with Gasteiger partial charge < -0.3 is 45.1 Å². The van der Waals surface area contributed by atoms with Gasteiger partial charge in [-0.05, 0) is 47.5 Å². The Morgan fingerprint density at radius 3 is 1.75 bits per heavy atom. The summed E-state index contributed by atoms with van der Waals surface area (Å²) >= 11 is 1.52.